The average molecular weight is 283 g/mol. The molecular formula is C14H21NO3S. The summed E-state index contributed by atoms with van der Waals surface area (Å²) in [6.07, 6.45) is 3.45. The fourth-order valence-electron chi connectivity index (χ4n) is 2.49. The van der Waals surface area contributed by atoms with E-state index in [0.29, 0.717) is 17.4 Å². The van der Waals surface area contributed by atoms with Crippen molar-refractivity contribution in [3.8, 4) is 5.75 Å². The Labute approximate surface area is 114 Å². The number of ether oxygens (including phenoxy) is 1. The molecule has 19 heavy (non-hydrogen) atoms. The van der Waals surface area contributed by atoms with Crippen LogP contribution < -0.4 is 10.5 Å². The molecule has 2 rings (SSSR count). The standard InChI is InChI=1S/C14H21NO3S/c1-2-19(16,17)13-8-6-12(7-9-13)18-14-5-3-4-11(14)10-15/h6-9,11,14H,2-5,10,15H2,1H3. The van der Waals surface area contributed by atoms with Gasteiger partial charge in [-0.3, -0.25) is 0 Å². The molecule has 0 aromatic heterocycles. The number of rotatable bonds is 5. The largest absolute Gasteiger partial charge is 0.490 e. The minimum atomic E-state index is -3.13. The van der Waals surface area contributed by atoms with Gasteiger partial charge in [-0.05, 0) is 50.1 Å². The van der Waals surface area contributed by atoms with Gasteiger partial charge >= 0.3 is 0 Å². The van der Waals surface area contributed by atoms with Gasteiger partial charge in [-0.25, -0.2) is 8.42 Å². The highest BCUT2D eigenvalue weighted by molar-refractivity contribution is 7.91. The van der Waals surface area contributed by atoms with Crippen molar-refractivity contribution in [1.29, 1.82) is 0 Å². The molecule has 0 saturated heterocycles. The molecule has 5 heteroatoms. The number of nitrogens with two attached hydrogens (primary N) is 1. The van der Waals surface area contributed by atoms with E-state index in [1.807, 2.05) is 0 Å². The van der Waals surface area contributed by atoms with Gasteiger partial charge in [0.15, 0.2) is 9.84 Å². The van der Waals surface area contributed by atoms with E-state index >= 15 is 0 Å². The summed E-state index contributed by atoms with van der Waals surface area (Å²) in [5.74, 6) is 1.25. The van der Waals surface area contributed by atoms with Crippen molar-refractivity contribution in [3.05, 3.63) is 24.3 Å². The lowest BCUT2D eigenvalue weighted by Crippen LogP contribution is -2.27. The van der Waals surface area contributed by atoms with E-state index in [2.05, 4.69) is 0 Å². The first-order valence-electron chi connectivity index (χ1n) is 6.76. The van der Waals surface area contributed by atoms with E-state index in [4.69, 9.17) is 10.5 Å². The predicted octanol–water partition coefficient (Wildman–Crippen LogP) is 1.99. The highest BCUT2D eigenvalue weighted by Gasteiger charge is 2.27. The molecule has 1 aromatic carbocycles. The summed E-state index contributed by atoms with van der Waals surface area (Å²) in [7, 11) is -3.13. The Bertz CT molecular complexity index is 510. The maximum Gasteiger partial charge on any atom is 0.178 e. The summed E-state index contributed by atoms with van der Waals surface area (Å²) in [4.78, 5) is 0.351. The fourth-order valence-corrected chi connectivity index (χ4v) is 3.38. The molecule has 1 aliphatic carbocycles. The van der Waals surface area contributed by atoms with Crippen LogP contribution >= 0.6 is 0 Å². The van der Waals surface area contributed by atoms with Crippen molar-refractivity contribution in [2.45, 2.75) is 37.2 Å². The predicted molar refractivity (Wildman–Crippen MR) is 75.0 cm³/mol. The van der Waals surface area contributed by atoms with Crippen LogP contribution in [-0.2, 0) is 9.84 Å². The molecule has 106 valence electrons. The first kappa shape index (κ1) is 14.3. The Morgan fingerprint density at radius 3 is 2.53 bits per heavy atom. The summed E-state index contributed by atoms with van der Waals surface area (Å²) in [6.45, 7) is 2.29. The minimum absolute atomic E-state index is 0.116. The molecule has 1 saturated carbocycles. The van der Waals surface area contributed by atoms with Gasteiger partial charge in [-0.1, -0.05) is 6.92 Å². The van der Waals surface area contributed by atoms with E-state index in [-0.39, 0.29) is 11.9 Å². The Hall–Kier alpha value is -1.07. The normalized spacial score (nSPS) is 23.5. The van der Waals surface area contributed by atoms with Gasteiger partial charge in [0.25, 0.3) is 0 Å². The van der Waals surface area contributed by atoms with Crippen LogP contribution in [0.4, 0.5) is 0 Å². The SMILES string of the molecule is CCS(=O)(=O)c1ccc(OC2CCCC2CN)cc1. The summed E-state index contributed by atoms with van der Waals surface area (Å²) in [5, 5.41) is 0. The molecule has 2 atom stereocenters. The molecule has 1 aromatic rings. The molecule has 0 aliphatic heterocycles. The van der Waals surface area contributed by atoms with Crippen LogP contribution in [0.1, 0.15) is 26.2 Å². The molecule has 2 N–H and O–H groups in total. The summed E-state index contributed by atoms with van der Waals surface area (Å²) in [6, 6.07) is 6.68. The first-order valence-corrected chi connectivity index (χ1v) is 8.41. The number of sulfone groups is 1. The van der Waals surface area contributed by atoms with E-state index in [1.54, 1.807) is 31.2 Å². The van der Waals surface area contributed by atoms with Crippen LogP contribution in [0.25, 0.3) is 0 Å². The van der Waals surface area contributed by atoms with Gasteiger partial charge in [-0.2, -0.15) is 0 Å². The molecule has 1 aliphatic rings. The zero-order chi connectivity index (χ0) is 13.9. The van der Waals surface area contributed by atoms with Gasteiger partial charge in [-0.15, -0.1) is 0 Å². The van der Waals surface area contributed by atoms with Gasteiger partial charge in [0.2, 0.25) is 0 Å². The van der Waals surface area contributed by atoms with Crippen LogP contribution in [0, 0.1) is 5.92 Å². The fraction of sp³-hybridized carbons (Fsp3) is 0.571. The third kappa shape index (κ3) is 3.28. The highest BCUT2D eigenvalue weighted by Crippen LogP contribution is 2.29. The number of hydrogen-bond donors (Lipinski definition) is 1. The topological polar surface area (TPSA) is 69.4 Å². The molecule has 1 fully saturated rings. The number of hydrogen-bond acceptors (Lipinski definition) is 4. The van der Waals surface area contributed by atoms with Crippen LogP contribution in [0.3, 0.4) is 0 Å². The lowest BCUT2D eigenvalue weighted by molar-refractivity contribution is 0.162. The Morgan fingerprint density at radius 2 is 1.95 bits per heavy atom. The van der Waals surface area contributed by atoms with Crippen LogP contribution in [0.5, 0.6) is 5.75 Å². The Balaban J connectivity index is 2.07. The maximum atomic E-state index is 11.7. The van der Waals surface area contributed by atoms with Crippen molar-refractivity contribution >= 4 is 9.84 Å². The molecular weight excluding hydrogens is 262 g/mol. The van der Waals surface area contributed by atoms with Crippen molar-refractivity contribution in [2.75, 3.05) is 12.3 Å². The zero-order valence-electron chi connectivity index (χ0n) is 11.2. The quantitative estimate of drug-likeness (QED) is 0.897. The molecule has 4 nitrogen and oxygen atoms in total. The van der Waals surface area contributed by atoms with Crippen molar-refractivity contribution in [3.63, 3.8) is 0 Å². The Kier molecular flexibility index (Phi) is 4.47. The maximum absolute atomic E-state index is 11.7. The molecule has 0 radical (unpaired) electrons. The first-order chi connectivity index (χ1) is 9.06. The molecule has 0 spiro atoms. The van der Waals surface area contributed by atoms with E-state index in [0.717, 1.165) is 25.0 Å². The Morgan fingerprint density at radius 1 is 1.26 bits per heavy atom. The van der Waals surface area contributed by atoms with Gasteiger partial charge in [0.1, 0.15) is 11.9 Å². The molecule has 2 unspecified atom stereocenters. The average Bonchev–Trinajstić information content (AvgIpc) is 2.86. The molecule has 0 bridgehead atoms. The second kappa shape index (κ2) is 5.92. The summed E-state index contributed by atoms with van der Waals surface area (Å²) >= 11 is 0. The summed E-state index contributed by atoms with van der Waals surface area (Å²) in [5.41, 5.74) is 5.72. The lowest BCUT2D eigenvalue weighted by Gasteiger charge is -2.20. The number of benzene rings is 1. The zero-order valence-corrected chi connectivity index (χ0v) is 12.0. The van der Waals surface area contributed by atoms with Crippen LogP contribution in [0.15, 0.2) is 29.2 Å². The third-order valence-electron chi connectivity index (χ3n) is 3.74. The smallest absolute Gasteiger partial charge is 0.178 e. The second-order valence-electron chi connectivity index (χ2n) is 4.96. The molecule has 0 heterocycles. The van der Waals surface area contributed by atoms with Crippen LogP contribution in [0.2, 0.25) is 0 Å². The van der Waals surface area contributed by atoms with Crippen LogP contribution in [-0.4, -0.2) is 26.8 Å². The van der Waals surface area contributed by atoms with Crippen molar-refractivity contribution < 1.29 is 13.2 Å². The summed E-state index contributed by atoms with van der Waals surface area (Å²) < 4.78 is 29.3. The van der Waals surface area contributed by atoms with E-state index in [9.17, 15) is 8.42 Å². The van der Waals surface area contributed by atoms with E-state index < -0.39 is 9.84 Å². The van der Waals surface area contributed by atoms with Crippen molar-refractivity contribution in [2.24, 2.45) is 11.7 Å². The second-order valence-corrected chi connectivity index (χ2v) is 7.24. The van der Waals surface area contributed by atoms with Gasteiger partial charge < -0.3 is 10.5 Å². The molecule has 0 amide bonds. The minimum Gasteiger partial charge on any atom is -0.490 e. The van der Waals surface area contributed by atoms with Crippen molar-refractivity contribution in [1.82, 2.24) is 0 Å². The monoisotopic (exact) mass is 283 g/mol. The van der Waals surface area contributed by atoms with Gasteiger partial charge in [0, 0.05) is 5.92 Å². The van der Waals surface area contributed by atoms with E-state index in [1.165, 1.54) is 0 Å². The van der Waals surface area contributed by atoms with Gasteiger partial charge in [0.05, 0.1) is 10.6 Å². The lowest BCUT2D eigenvalue weighted by atomic mass is 10.1. The highest BCUT2D eigenvalue weighted by atomic mass is 32.2. The third-order valence-corrected chi connectivity index (χ3v) is 5.49.